The molecule has 0 saturated carbocycles. The second-order valence-corrected chi connectivity index (χ2v) is 5.36. The van der Waals surface area contributed by atoms with Crippen molar-refractivity contribution in [1.29, 1.82) is 0 Å². The van der Waals surface area contributed by atoms with Crippen LogP contribution in [0.15, 0.2) is 36.9 Å². The standard InChI is InChI=1S/C16H16F3N5O/c1-25-11-3-4-12-13(9-11)22-15(16(17,18)19)23-14(12)21-5-2-7-24-8-6-20-10-24/h3-4,6,8-10H,2,5,7H2,1H3,(H,21,22,23). The van der Waals surface area contributed by atoms with Crippen LogP contribution in [-0.4, -0.2) is 33.2 Å². The van der Waals surface area contributed by atoms with Crippen molar-refractivity contribution in [2.75, 3.05) is 19.0 Å². The first-order chi connectivity index (χ1) is 12.0. The van der Waals surface area contributed by atoms with E-state index in [-0.39, 0.29) is 11.3 Å². The van der Waals surface area contributed by atoms with Gasteiger partial charge in [0.2, 0.25) is 5.82 Å². The van der Waals surface area contributed by atoms with E-state index in [0.29, 0.717) is 30.6 Å². The SMILES string of the molecule is COc1ccc2c(NCCCn3ccnc3)nc(C(F)(F)F)nc2c1. The van der Waals surface area contributed by atoms with E-state index >= 15 is 0 Å². The molecule has 25 heavy (non-hydrogen) atoms. The average molecular weight is 351 g/mol. The third-order valence-electron chi connectivity index (χ3n) is 3.60. The van der Waals surface area contributed by atoms with E-state index in [0.717, 1.165) is 0 Å². The largest absolute Gasteiger partial charge is 0.497 e. The number of aryl methyl sites for hydroxylation is 1. The molecule has 0 aliphatic carbocycles. The average Bonchev–Trinajstić information content (AvgIpc) is 3.10. The summed E-state index contributed by atoms with van der Waals surface area (Å²) >= 11 is 0. The zero-order valence-corrected chi connectivity index (χ0v) is 13.4. The Labute approximate surface area is 141 Å². The van der Waals surface area contributed by atoms with E-state index in [9.17, 15) is 13.2 Å². The molecule has 2 aromatic heterocycles. The molecule has 0 atom stereocenters. The topological polar surface area (TPSA) is 64.9 Å². The summed E-state index contributed by atoms with van der Waals surface area (Å²) in [4.78, 5) is 11.2. The molecule has 0 unspecified atom stereocenters. The maximum absolute atomic E-state index is 13.1. The summed E-state index contributed by atoms with van der Waals surface area (Å²) < 4.78 is 46.1. The van der Waals surface area contributed by atoms with Crippen LogP contribution in [0.4, 0.5) is 19.0 Å². The van der Waals surface area contributed by atoms with Crippen molar-refractivity contribution in [2.24, 2.45) is 0 Å². The summed E-state index contributed by atoms with van der Waals surface area (Å²) in [7, 11) is 1.45. The molecule has 3 rings (SSSR count). The first kappa shape index (κ1) is 17.0. The van der Waals surface area contributed by atoms with E-state index in [1.807, 2.05) is 10.8 Å². The van der Waals surface area contributed by atoms with Crippen LogP contribution >= 0.6 is 0 Å². The molecule has 2 heterocycles. The van der Waals surface area contributed by atoms with Gasteiger partial charge < -0.3 is 14.6 Å². The number of ether oxygens (including phenoxy) is 1. The number of aromatic nitrogens is 4. The zero-order chi connectivity index (χ0) is 17.9. The molecule has 0 spiro atoms. The second-order valence-electron chi connectivity index (χ2n) is 5.36. The number of nitrogens with zero attached hydrogens (tertiary/aromatic N) is 4. The monoisotopic (exact) mass is 351 g/mol. The lowest BCUT2D eigenvalue weighted by Gasteiger charge is -2.13. The van der Waals surface area contributed by atoms with E-state index in [1.54, 1.807) is 24.7 Å². The number of hydrogen-bond acceptors (Lipinski definition) is 5. The number of methoxy groups -OCH3 is 1. The fourth-order valence-corrected chi connectivity index (χ4v) is 2.39. The van der Waals surface area contributed by atoms with E-state index < -0.39 is 12.0 Å². The Kier molecular flexibility index (Phi) is 4.73. The van der Waals surface area contributed by atoms with Gasteiger partial charge in [0.25, 0.3) is 0 Å². The predicted molar refractivity (Wildman–Crippen MR) is 86.4 cm³/mol. The number of rotatable bonds is 6. The van der Waals surface area contributed by atoms with Gasteiger partial charge in [-0.25, -0.2) is 15.0 Å². The van der Waals surface area contributed by atoms with Crippen molar-refractivity contribution >= 4 is 16.7 Å². The van der Waals surface area contributed by atoms with E-state index in [1.165, 1.54) is 13.2 Å². The Morgan fingerprint density at radius 2 is 2.08 bits per heavy atom. The highest BCUT2D eigenvalue weighted by atomic mass is 19.4. The minimum absolute atomic E-state index is 0.158. The predicted octanol–water partition coefficient (Wildman–Crippen LogP) is 3.36. The van der Waals surface area contributed by atoms with Gasteiger partial charge in [0.1, 0.15) is 11.6 Å². The van der Waals surface area contributed by atoms with Crippen LogP contribution in [0, 0.1) is 0 Å². The molecule has 0 radical (unpaired) electrons. The number of fused-ring (bicyclic) bond motifs is 1. The lowest BCUT2D eigenvalue weighted by atomic mass is 10.2. The van der Waals surface area contributed by atoms with Crippen LogP contribution < -0.4 is 10.1 Å². The van der Waals surface area contributed by atoms with Gasteiger partial charge in [-0.15, -0.1) is 0 Å². The molecule has 0 amide bonds. The van der Waals surface area contributed by atoms with Crippen LogP contribution in [0.3, 0.4) is 0 Å². The number of nitrogens with one attached hydrogen (secondary N) is 1. The number of anilines is 1. The summed E-state index contributed by atoms with van der Waals surface area (Å²) in [6.07, 6.45) is 1.28. The lowest BCUT2D eigenvalue weighted by molar-refractivity contribution is -0.144. The molecule has 132 valence electrons. The maximum atomic E-state index is 13.1. The Bertz CT molecular complexity index is 849. The van der Waals surface area contributed by atoms with Gasteiger partial charge in [-0.05, 0) is 18.6 Å². The summed E-state index contributed by atoms with van der Waals surface area (Å²) in [6, 6.07) is 4.77. The molecular formula is C16H16F3N5O. The fraction of sp³-hybridized carbons (Fsp3) is 0.312. The zero-order valence-electron chi connectivity index (χ0n) is 13.4. The smallest absolute Gasteiger partial charge is 0.451 e. The molecule has 0 aliphatic heterocycles. The summed E-state index contributed by atoms with van der Waals surface area (Å²) in [6.45, 7) is 1.17. The van der Waals surface area contributed by atoms with Gasteiger partial charge in [-0.2, -0.15) is 13.2 Å². The first-order valence-electron chi connectivity index (χ1n) is 7.60. The van der Waals surface area contributed by atoms with Gasteiger partial charge in [-0.1, -0.05) is 0 Å². The fourth-order valence-electron chi connectivity index (χ4n) is 2.39. The molecule has 9 heteroatoms. The van der Waals surface area contributed by atoms with Crippen molar-refractivity contribution < 1.29 is 17.9 Å². The van der Waals surface area contributed by atoms with Gasteiger partial charge in [-0.3, -0.25) is 0 Å². The molecule has 0 saturated heterocycles. The van der Waals surface area contributed by atoms with Gasteiger partial charge in [0, 0.05) is 36.9 Å². The highest BCUT2D eigenvalue weighted by Crippen LogP contribution is 2.31. The van der Waals surface area contributed by atoms with Crippen LogP contribution in [0.2, 0.25) is 0 Å². The molecule has 6 nitrogen and oxygen atoms in total. The quantitative estimate of drug-likeness (QED) is 0.690. The third-order valence-corrected chi connectivity index (χ3v) is 3.60. The van der Waals surface area contributed by atoms with Crippen molar-refractivity contribution in [3.8, 4) is 5.75 Å². The van der Waals surface area contributed by atoms with Gasteiger partial charge in [0.15, 0.2) is 0 Å². The minimum atomic E-state index is -4.62. The van der Waals surface area contributed by atoms with E-state index in [4.69, 9.17) is 4.74 Å². The van der Waals surface area contributed by atoms with Gasteiger partial charge >= 0.3 is 6.18 Å². The number of benzene rings is 1. The van der Waals surface area contributed by atoms with Crippen molar-refractivity contribution in [1.82, 2.24) is 19.5 Å². The first-order valence-corrected chi connectivity index (χ1v) is 7.60. The number of alkyl halides is 3. The molecule has 0 aliphatic rings. The Balaban J connectivity index is 1.83. The third kappa shape index (κ3) is 3.98. The summed E-state index contributed by atoms with van der Waals surface area (Å²) in [5.41, 5.74) is 0.179. The van der Waals surface area contributed by atoms with Crippen molar-refractivity contribution in [2.45, 2.75) is 19.1 Å². The minimum Gasteiger partial charge on any atom is -0.497 e. The molecular weight excluding hydrogens is 335 g/mol. The number of imidazole rings is 1. The van der Waals surface area contributed by atoms with Crippen LogP contribution in [0.1, 0.15) is 12.2 Å². The lowest BCUT2D eigenvalue weighted by Crippen LogP contribution is -2.14. The van der Waals surface area contributed by atoms with Crippen LogP contribution in [0.25, 0.3) is 10.9 Å². The van der Waals surface area contributed by atoms with E-state index in [2.05, 4.69) is 20.3 Å². The van der Waals surface area contributed by atoms with Crippen LogP contribution in [0.5, 0.6) is 5.75 Å². The summed E-state index contributed by atoms with van der Waals surface area (Å²) in [5.74, 6) is -0.582. The van der Waals surface area contributed by atoms with Crippen molar-refractivity contribution in [3.63, 3.8) is 0 Å². The Morgan fingerprint density at radius 1 is 1.24 bits per heavy atom. The highest BCUT2D eigenvalue weighted by Gasteiger charge is 2.35. The Hall–Kier alpha value is -2.84. The Morgan fingerprint density at radius 3 is 2.76 bits per heavy atom. The van der Waals surface area contributed by atoms with Crippen LogP contribution in [-0.2, 0) is 12.7 Å². The van der Waals surface area contributed by atoms with Gasteiger partial charge in [0.05, 0.1) is 19.0 Å². The molecule has 1 aromatic carbocycles. The highest BCUT2D eigenvalue weighted by molar-refractivity contribution is 5.90. The maximum Gasteiger partial charge on any atom is 0.451 e. The molecule has 0 fully saturated rings. The number of halogens is 3. The molecule has 0 bridgehead atoms. The summed E-state index contributed by atoms with van der Waals surface area (Å²) in [5, 5.41) is 3.48. The molecule has 1 N–H and O–H groups in total. The second kappa shape index (κ2) is 6.96. The van der Waals surface area contributed by atoms with Crippen molar-refractivity contribution in [3.05, 3.63) is 42.7 Å². The molecule has 3 aromatic rings. The number of hydrogen-bond donors (Lipinski definition) is 1. The normalized spacial score (nSPS) is 11.7.